The number of halogens is 2. The predicted octanol–water partition coefficient (Wildman–Crippen LogP) is 4.95. The molecule has 24 heavy (non-hydrogen) atoms. The zero-order valence-electron chi connectivity index (χ0n) is 12.2. The van der Waals surface area contributed by atoms with Gasteiger partial charge < -0.3 is 0 Å². The highest BCUT2D eigenvalue weighted by atomic mass is 32.2. The van der Waals surface area contributed by atoms with E-state index in [-0.39, 0.29) is 0 Å². The van der Waals surface area contributed by atoms with E-state index in [0.29, 0.717) is 5.13 Å². The number of hydrogen-bond donors (Lipinski definition) is 1. The molecule has 4 rings (SSSR count). The molecule has 1 amide bonds. The number of anilines is 1. The summed E-state index contributed by atoms with van der Waals surface area (Å²) in [6, 6.07) is 11.2. The van der Waals surface area contributed by atoms with Crippen LogP contribution in [0.4, 0.5) is 13.9 Å². The number of amides is 1. The van der Waals surface area contributed by atoms with E-state index in [0.717, 1.165) is 38.9 Å². The second kappa shape index (κ2) is 5.99. The first-order valence-electron chi connectivity index (χ1n) is 7.11. The van der Waals surface area contributed by atoms with Gasteiger partial charge in [0.1, 0.15) is 17.2 Å². The number of thiazole rings is 1. The summed E-state index contributed by atoms with van der Waals surface area (Å²) in [5, 5.41) is 2.85. The topological polar surface area (TPSA) is 42.0 Å². The molecule has 0 saturated heterocycles. The van der Waals surface area contributed by atoms with Crippen LogP contribution in [0.2, 0.25) is 0 Å². The van der Waals surface area contributed by atoms with E-state index in [2.05, 4.69) is 10.3 Å². The molecular weight excluding hydrogens is 350 g/mol. The Kier molecular flexibility index (Phi) is 3.82. The minimum absolute atomic E-state index is 0.338. The molecule has 3 nitrogen and oxygen atoms in total. The third kappa shape index (κ3) is 2.59. The van der Waals surface area contributed by atoms with Crippen LogP contribution in [0.1, 0.15) is 15.2 Å². The Morgan fingerprint density at radius 2 is 1.83 bits per heavy atom. The van der Waals surface area contributed by atoms with Crippen LogP contribution in [0, 0.1) is 11.6 Å². The number of thioether (sulfide) groups is 1. The first-order valence-corrected chi connectivity index (χ1v) is 8.91. The highest BCUT2D eigenvalue weighted by molar-refractivity contribution is 7.98. The zero-order chi connectivity index (χ0) is 16.7. The highest BCUT2D eigenvalue weighted by Crippen LogP contribution is 2.44. The van der Waals surface area contributed by atoms with E-state index in [1.807, 2.05) is 24.3 Å². The lowest BCUT2D eigenvalue weighted by Gasteiger charge is -2.13. The van der Waals surface area contributed by atoms with Crippen LogP contribution in [0.15, 0.2) is 47.4 Å². The lowest BCUT2D eigenvalue weighted by atomic mass is 10.1. The maximum absolute atomic E-state index is 13.7. The van der Waals surface area contributed by atoms with E-state index in [4.69, 9.17) is 0 Å². The van der Waals surface area contributed by atoms with Gasteiger partial charge in [-0.2, -0.15) is 0 Å². The molecule has 7 heteroatoms. The van der Waals surface area contributed by atoms with Gasteiger partial charge in [0.2, 0.25) is 0 Å². The normalized spacial score (nSPS) is 12.4. The van der Waals surface area contributed by atoms with E-state index >= 15 is 0 Å². The smallest absolute Gasteiger partial charge is 0.263 e. The van der Waals surface area contributed by atoms with Crippen LogP contribution in [0.5, 0.6) is 0 Å². The van der Waals surface area contributed by atoms with Crippen LogP contribution >= 0.6 is 23.1 Å². The third-order valence-corrected chi connectivity index (χ3v) is 5.86. The first kappa shape index (κ1) is 15.3. The van der Waals surface area contributed by atoms with Gasteiger partial charge in [0.15, 0.2) is 5.13 Å². The Bertz CT molecular complexity index is 935. The summed E-state index contributed by atoms with van der Waals surface area (Å²) in [4.78, 5) is 18.8. The Labute approximate surface area is 144 Å². The van der Waals surface area contributed by atoms with Crippen molar-refractivity contribution in [2.45, 2.75) is 10.6 Å². The molecule has 0 fully saturated rings. The molecule has 0 bridgehead atoms. The minimum Gasteiger partial charge on any atom is -0.298 e. The molecule has 0 aliphatic carbocycles. The van der Waals surface area contributed by atoms with E-state index in [9.17, 15) is 13.6 Å². The number of rotatable bonds is 2. The minimum atomic E-state index is -0.894. The highest BCUT2D eigenvalue weighted by Gasteiger charge is 2.23. The molecule has 0 atom stereocenters. The number of hydrogen-bond acceptors (Lipinski definition) is 4. The molecule has 0 spiro atoms. The monoisotopic (exact) mass is 360 g/mol. The molecule has 0 radical (unpaired) electrons. The molecule has 2 aromatic carbocycles. The van der Waals surface area contributed by atoms with Crippen LogP contribution in [-0.2, 0) is 5.75 Å². The fraction of sp³-hybridized carbons (Fsp3) is 0.0588. The van der Waals surface area contributed by atoms with E-state index in [1.54, 1.807) is 11.8 Å². The maximum Gasteiger partial charge on any atom is 0.263 e. The van der Waals surface area contributed by atoms with Crippen molar-refractivity contribution in [3.8, 4) is 11.3 Å². The summed E-state index contributed by atoms with van der Waals surface area (Å²) in [5.41, 5.74) is 1.23. The van der Waals surface area contributed by atoms with E-state index in [1.165, 1.54) is 17.4 Å². The fourth-order valence-corrected chi connectivity index (χ4v) is 4.62. The van der Waals surface area contributed by atoms with Crippen molar-refractivity contribution in [2.24, 2.45) is 0 Å². The van der Waals surface area contributed by atoms with Gasteiger partial charge >= 0.3 is 0 Å². The Morgan fingerprint density at radius 1 is 1.08 bits per heavy atom. The SMILES string of the molecule is O=C(Nc1nc2c(s1)CSc1ccccc1-2)c1c(F)cccc1F. The lowest BCUT2D eigenvalue weighted by molar-refractivity contribution is 0.101. The predicted molar refractivity (Wildman–Crippen MR) is 91.4 cm³/mol. The number of nitrogens with zero attached hydrogens (tertiary/aromatic N) is 1. The molecule has 0 unspecified atom stereocenters. The molecule has 1 aromatic heterocycles. The fourth-order valence-electron chi connectivity index (χ4n) is 2.52. The molecule has 3 aromatic rings. The van der Waals surface area contributed by atoms with Crippen LogP contribution < -0.4 is 5.32 Å². The van der Waals surface area contributed by atoms with Gasteiger partial charge in [0, 0.05) is 21.1 Å². The van der Waals surface area contributed by atoms with Gasteiger partial charge in [-0.25, -0.2) is 13.8 Å². The number of fused-ring (bicyclic) bond motifs is 3. The van der Waals surface area contributed by atoms with E-state index < -0.39 is 23.1 Å². The van der Waals surface area contributed by atoms with Gasteiger partial charge in [-0.3, -0.25) is 10.1 Å². The molecule has 2 heterocycles. The van der Waals surface area contributed by atoms with Gasteiger partial charge in [-0.05, 0) is 18.2 Å². The van der Waals surface area contributed by atoms with Crippen molar-refractivity contribution >= 4 is 34.1 Å². The standard InChI is InChI=1S/C17H10F2N2OS2/c18-10-5-3-6-11(19)14(10)16(22)21-17-20-15-9-4-1-2-7-12(9)23-8-13(15)24-17/h1-7H,8H2,(H,20,21,22). The second-order valence-electron chi connectivity index (χ2n) is 5.13. The Balaban J connectivity index is 1.66. The summed E-state index contributed by atoms with van der Waals surface area (Å²) in [6.07, 6.45) is 0. The average Bonchev–Trinajstić information content (AvgIpc) is 2.97. The first-order chi connectivity index (χ1) is 11.6. The quantitative estimate of drug-likeness (QED) is 0.703. The largest absolute Gasteiger partial charge is 0.298 e. The summed E-state index contributed by atoms with van der Waals surface area (Å²) in [5.74, 6) is -1.87. The third-order valence-electron chi connectivity index (χ3n) is 3.61. The van der Waals surface area contributed by atoms with Crippen LogP contribution in [-0.4, -0.2) is 10.9 Å². The number of nitrogens with one attached hydrogen (secondary N) is 1. The average molecular weight is 360 g/mol. The van der Waals surface area contributed by atoms with Crippen molar-refractivity contribution in [2.75, 3.05) is 5.32 Å². The van der Waals surface area contributed by atoms with Crippen molar-refractivity contribution in [1.82, 2.24) is 4.98 Å². The van der Waals surface area contributed by atoms with Crippen LogP contribution in [0.25, 0.3) is 11.3 Å². The number of carbonyl (C=O) groups is 1. The summed E-state index contributed by atoms with van der Waals surface area (Å²) in [6.45, 7) is 0. The Morgan fingerprint density at radius 3 is 2.62 bits per heavy atom. The maximum atomic E-state index is 13.7. The lowest BCUT2D eigenvalue weighted by Crippen LogP contribution is -2.15. The number of aromatic nitrogens is 1. The summed E-state index contributed by atoms with van der Waals surface area (Å²) in [7, 11) is 0. The summed E-state index contributed by atoms with van der Waals surface area (Å²) >= 11 is 3.03. The van der Waals surface area contributed by atoms with Crippen LogP contribution in [0.3, 0.4) is 0 Å². The van der Waals surface area contributed by atoms with Gasteiger partial charge in [-0.1, -0.05) is 24.3 Å². The molecular formula is C17H10F2N2OS2. The number of carbonyl (C=O) groups excluding carboxylic acids is 1. The Hall–Kier alpha value is -2.25. The van der Waals surface area contributed by atoms with Gasteiger partial charge in [-0.15, -0.1) is 23.1 Å². The second-order valence-corrected chi connectivity index (χ2v) is 7.23. The van der Waals surface area contributed by atoms with Crippen molar-refractivity contribution in [3.63, 3.8) is 0 Å². The van der Waals surface area contributed by atoms with Crippen molar-refractivity contribution in [1.29, 1.82) is 0 Å². The van der Waals surface area contributed by atoms with Crippen molar-refractivity contribution in [3.05, 3.63) is 64.5 Å². The zero-order valence-corrected chi connectivity index (χ0v) is 13.8. The molecule has 120 valence electrons. The van der Waals surface area contributed by atoms with Gasteiger partial charge in [0.05, 0.1) is 5.69 Å². The molecule has 1 aliphatic rings. The summed E-state index contributed by atoms with van der Waals surface area (Å²) < 4.78 is 27.4. The number of benzene rings is 2. The van der Waals surface area contributed by atoms with Crippen molar-refractivity contribution < 1.29 is 13.6 Å². The molecule has 0 saturated carbocycles. The van der Waals surface area contributed by atoms with Gasteiger partial charge in [0.25, 0.3) is 5.91 Å². The molecule has 1 N–H and O–H groups in total. The molecule has 1 aliphatic heterocycles.